The summed E-state index contributed by atoms with van der Waals surface area (Å²) in [5, 5.41) is 0. The largest absolute Gasteiger partial charge is 0.334 e. The smallest absolute Gasteiger partial charge is 0.313 e. The highest BCUT2D eigenvalue weighted by molar-refractivity contribution is 5.72. The third-order valence-corrected chi connectivity index (χ3v) is 6.98. The molecule has 0 spiro atoms. The van der Waals surface area contributed by atoms with Crippen LogP contribution < -0.4 is 11.2 Å². The molecule has 5 heterocycles. The summed E-state index contributed by atoms with van der Waals surface area (Å²) in [6, 6.07) is 15.4. The fourth-order valence-corrected chi connectivity index (χ4v) is 5.56. The Morgan fingerprint density at radius 1 is 0.969 bits per heavy atom. The van der Waals surface area contributed by atoms with Gasteiger partial charge < -0.3 is 4.57 Å². The van der Waals surface area contributed by atoms with E-state index in [1.165, 1.54) is 23.0 Å². The molecule has 0 amide bonds. The average Bonchev–Trinajstić information content (AvgIpc) is 3.33. The molecule has 2 unspecified atom stereocenters. The number of pyridine rings is 1. The number of aromatic amines is 1. The fourth-order valence-electron chi connectivity index (χ4n) is 5.56. The van der Waals surface area contributed by atoms with Crippen LogP contribution in [0.15, 0.2) is 70.8 Å². The molecule has 162 valence electrons. The summed E-state index contributed by atoms with van der Waals surface area (Å²) in [5.41, 5.74) is 1.87. The summed E-state index contributed by atoms with van der Waals surface area (Å²) >= 11 is 0. The van der Waals surface area contributed by atoms with E-state index in [1.54, 1.807) is 24.8 Å². The maximum Gasteiger partial charge on any atom is 0.334 e. The number of fused-ring (bicyclic) bond motifs is 3. The molecule has 2 bridgehead atoms. The summed E-state index contributed by atoms with van der Waals surface area (Å²) in [5.74, 6) is 0. The van der Waals surface area contributed by atoms with Crippen LogP contribution >= 0.6 is 0 Å². The summed E-state index contributed by atoms with van der Waals surface area (Å²) in [6.07, 6.45) is 9.32. The highest BCUT2D eigenvalue weighted by Gasteiger charge is 2.41. The molecular formula is C24H24N6O2. The monoisotopic (exact) mass is 428 g/mol. The van der Waals surface area contributed by atoms with Gasteiger partial charge in [0.1, 0.15) is 0 Å². The first kappa shape index (κ1) is 19.2. The second-order valence-electron chi connectivity index (χ2n) is 8.80. The molecule has 3 aromatic heterocycles. The van der Waals surface area contributed by atoms with Gasteiger partial charge in [-0.2, -0.15) is 0 Å². The van der Waals surface area contributed by atoms with Gasteiger partial charge in [-0.3, -0.25) is 19.7 Å². The van der Waals surface area contributed by atoms with Crippen molar-refractivity contribution in [2.75, 3.05) is 0 Å². The Balaban J connectivity index is 1.39. The fraction of sp³-hybridized carbons (Fsp3) is 0.333. The van der Waals surface area contributed by atoms with Crippen molar-refractivity contribution in [3.8, 4) is 5.69 Å². The lowest BCUT2D eigenvalue weighted by molar-refractivity contribution is 0.100. The number of rotatable bonds is 4. The van der Waals surface area contributed by atoms with E-state index in [0.29, 0.717) is 23.4 Å². The number of benzene rings is 1. The average molecular weight is 428 g/mol. The molecule has 2 aliphatic rings. The number of nitrogens with one attached hydrogen (secondary N) is 1. The molecule has 2 aliphatic heterocycles. The Morgan fingerprint density at radius 2 is 1.75 bits per heavy atom. The number of piperidine rings is 1. The number of imidazole rings is 1. The number of nitrogens with zero attached hydrogens (tertiary/aromatic N) is 5. The van der Waals surface area contributed by atoms with Crippen LogP contribution in [-0.2, 0) is 6.54 Å². The lowest BCUT2D eigenvalue weighted by Crippen LogP contribution is -2.43. The highest BCUT2D eigenvalue weighted by atomic mass is 16.2. The number of H-pyrrole nitrogens is 1. The van der Waals surface area contributed by atoms with E-state index < -0.39 is 11.2 Å². The van der Waals surface area contributed by atoms with Gasteiger partial charge in [-0.15, -0.1) is 0 Å². The molecular weight excluding hydrogens is 404 g/mol. The van der Waals surface area contributed by atoms with Crippen LogP contribution in [0.3, 0.4) is 0 Å². The normalized spacial score (nSPS) is 23.1. The topological polar surface area (TPSA) is 88.8 Å². The minimum atomic E-state index is -0.471. The highest BCUT2D eigenvalue weighted by Crippen LogP contribution is 2.42. The third-order valence-electron chi connectivity index (χ3n) is 6.98. The van der Waals surface area contributed by atoms with Gasteiger partial charge in [-0.1, -0.05) is 30.3 Å². The van der Waals surface area contributed by atoms with Crippen LogP contribution in [0.5, 0.6) is 0 Å². The van der Waals surface area contributed by atoms with E-state index in [1.807, 2.05) is 10.6 Å². The van der Waals surface area contributed by atoms with Gasteiger partial charge in [0.15, 0.2) is 11.2 Å². The van der Waals surface area contributed by atoms with Crippen molar-refractivity contribution in [1.29, 1.82) is 0 Å². The van der Waals surface area contributed by atoms with Crippen LogP contribution in [0.25, 0.3) is 16.9 Å². The lowest BCUT2D eigenvalue weighted by Gasteiger charge is -2.39. The van der Waals surface area contributed by atoms with Gasteiger partial charge in [0.2, 0.25) is 0 Å². The molecule has 32 heavy (non-hydrogen) atoms. The van der Waals surface area contributed by atoms with Gasteiger partial charge >= 0.3 is 5.69 Å². The summed E-state index contributed by atoms with van der Waals surface area (Å²) in [7, 11) is 0. The standard InChI is InChI=1S/C24H24N6O2/c31-22-21-23(30(24(32)27-22)19-7-4-10-25-13-19)29(15-26-21)20-11-17-8-9-18(12-20)28(17)14-16-5-2-1-3-6-16/h1-7,10,13,15,17-18,20H,8-9,11-12,14H2,(H,27,31,32). The Kier molecular flexibility index (Phi) is 4.53. The Hall–Kier alpha value is -3.52. The summed E-state index contributed by atoms with van der Waals surface area (Å²) in [4.78, 5) is 38.9. The van der Waals surface area contributed by atoms with E-state index in [4.69, 9.17) is 0 Å². The van der Waals surface area contributed by atoms with E-state index in [2.05, 4.69) is 50.2 Å². The quantitative estimate of drug-likeness (QED) is 0.540. The molecule has 2 fully saturated rings. The first-order chi connectivity index (χ1) is 15.7. The molecule has 0 saturated carbocycles. The minimum absolute atomic E-state index is 0.189. The molecule has 8 nitrogen and oxygen atoms in total. The van der Waals surface area contributed by atoms with Crippen molar-refractivity contribution in [1.82, 2.24) is 29.0 Å². The summed E-state index contributed by atoms with van der Waals surface area (Å²) in [6.45, 7) is 0.966. The van der Waals surface area contributed by atoms with Crippen molar-refractivity contribution in [3.63, 3.8) is 0 Å². The van der Waals surface area contributed by atoms with Gasteiger partial charge in [0, 0.05) is 30.9 Å². The third kappa shape index (κ3) is 3.10. The van der Waals surface area contributed by atoms with Gasteiger partial charge in [0.05, 0.1) is 18.2 Å². The zero-order valence-electron chi connectivity index (χ0n) is 17.6. The molecule has 8 heteroatoms. The predicted molar refractivity (Wildman–Crippen MR) is 121 cm³/mol. The number of hydrogen-bond acceptors (Lipinski definition) is 5. The van der Waals surface area contributed by atoms with Crippen LogP contribution in [0.1, 0.15) is 37.3 Å². The van der Waals surface area contributed by atoms with E-state index >= 15 is 0 Å². The Bertz CT molecular complexity index is 1360. The maximum absolute atomic E-state index is 12.8. The van der Waals surface area contributed by atoms with E-state index in [9.17, 15) is 9.59 Å². The second kappa shape index (κ2) is 7.56. The van der Waals surface area contributed by atoms with Crippen LogP contribution in [0.2, 0.25) is 0 Å². The maximum atomic E-state index is 12.8. The second-order valence-corrected chi connectivity index (χ2v) is 8.80. The molecule has 6 rings (SSSR count). The van der Waals surface area contributed by atoms with Crippen LogP contribution in [-0.4, -0.2) is 41.1 Å². The molecule has 4 aromatic rings. The zero-order chi connectivity index (χ0) is 21.7. The Morgan fingerprint density at radius 3 is 2.47 bits per heavy atom. The first-order valence-electron chi connectivity index (χ1n) is 11.1. The van der Waals surface area contributed by atoms with Crippen molar-refractivity contribution >= 4 is 11.2 Å². The lowest BCUT2D eigenvalue weighted by atomic mass is 9.96. The van der Waals surface area contributed by atoms with Crippen molar-refractivity contribution in [2.24, 2.45) is 0 Å². The van der Waals surface area contributed by atoms with Crippen molar-refractivity contribution < 1.29 is 0 Å². The van der Waals surface area contributed by atoms with Gasteiger partial charge in [-0.25, -0.2) is 14.3 Å². The molecule has 0 aliphatic carbocycles. The van der Waals surface area contributed by atoms with E-state index in [0.717, 1.165) is 19.4 Å². The number of aromatic nitrogens is 5. The zero-order valence-corrected chi connectivity index (χ0v) is 17.6. The number of hydrogen-bond donors (Lipinski definition) is 1. The Labute approximate surface area is 184 Å². The van der Waals surface area contributed by atoms with E-state index in [-0.39, 0.29) is 11.6 Å². The van der Waals surface area contributed by atoms with Gasteiger partial charge in [0.25, 0.3) is 5.56 Å². The molecule has 1 aromatic carbocycles. The van der Waals surface area contributed by atoms with Crippen LogP contribution in [0, 0.1) is 0 Å². The summed E-state index contributed by atoms with van der Waals surface area (Å²) < 4.78 is 3.57. The predicted octanol–water partition coefficient (Wildman–Crippen LogP) is 2.64. The minimum Gasteiger partial charge on any atom is -0.313 e. The first-order valence-corrected chi connectivity index (χ1v) is 11.1. The molecule has 1 N–H and O–H groups in total. The molecule has 2 atom stereocenters. The molecule has 0 radical (unpaired) electrons. The van der Waals surface area contributed by atoms with Crippen molar-refractivity contribution in [3.05, 3.63) is 87.6 Å². The van der Waals surface area contributed by atoms with Crippen LogP contribution in [0.4, 0.5) is 0 Å². The SMILES string of the molecule is O=c1[nH]c(=O)n(-c2cccnc2)c2c1ncn2C1CC2CCC(C1)N2Cc1ccccc1. The van der Waals surface area contributed by atoms with Crippen molar-refractivity contribution in [2.45, 2.75) is 50.4 Å². The van der Waals surface area contributed by atoms with Gasteiger partial charge in [-0.05, 0) is 43.4 Å². The molecule has 2 saturated heterocycles.